The van der Waals surface area contributed by atoms with Crippen LogP contribution < -0.4 is 16.0 Å². The van der Waals surface area contributed by atoms with Crippen LogP contribution in [0.1, 0.15) is 323 Å². The molecule has 0 saturated heterocycles. The first kappa shape index (κ1) is 86.1. The third kappa shape index (κ3) is 58.7. The predicted octanol–water partition coefficient (Wildman–Crippen LogP) is 16.8. The van der Waals surface area contributed by atoms with Crippen LogP contribution in [-0.4, -0.2) is 171 Å². The van der Waals surface area contributed by atoms with Crippen LogP contribution in [0.2, 0.25) is 0 Å². The van der Waals surface area contributed by atoms with Gasteiger partial charge in [0.15, 0.2) is 0 Å². The number of carbonyl (C=O) groups is 4. The van der Waals surface area contributed by atoms with Gasteiger partial charge in [-0.05, 0) is 58.7 Å². The van der Waals surface area contributed by atoms with Gasteiger partial charge >= 0.3 is 23.9 Å². The summed E-state index contributed by atoms with van der Waals surface area (Å²) < 4.78 is 22.7. The Morgan fingerprint density at radius 3 is 0.772 bits per heavy atom. The Labute approximate surface area is 563 Å². The van der Waals surface area contributed by atoms with E-state index in [1.807, 2.05) is 11.9 Å². The van der Waals surface area contributed by atoms with Crippen molar-refractivity contribution in [1.29, 1.82) is 0 Å². The zero-order chi connectivity index (χ0) is 66.7. The van der Waals surface area contributed by atoms with Gasteiger partial charge in [0.2, 0.25) is 17.8 Å². The second-order valence-electron chi connectivity index (χ2n) is 26.1. The van der Waals surface area contributed by atoms with Gasteiger partial charge in [-0.25, -0.2) is 0 Å². The summed E-state index contributed by atoms with van der Waals surface area (Å²) in [6, 6.07) is 0. The number of anilines is 3. The maximum absolute atomic E-state index is 13.0. The molecule has 0 aliphatic rings. The zero-order valence-electron chi connectivity index (χ0n) is 60.2. The molecular weight excluding hydrogens is 1160 g/mol. The number of aliphatic hydroxyl groups is 1. The lowest BCUT2D eigenvalue weighted by atomic mass is 10.1. The molecule has 18 heteroatoms. The highest BCUT2D eigenvalue weighted by Crippen LogP contribution is 2.16. The van der Waals surface area contributed by atoms with Gasteiger partial charge in [0, 0.05) is 58.9 Å². The van der Waals surface area contributed by atoms with Crippen LogP contribution >= 0.6 is 0 Å². The van der Waals surface area contributed by atoms with E-state index in [1.165, 1.54) is 205 Å². The Balaban J connectivity index is 2.95. The summed E-state index contributed by atoms with van der Waals surface area (Å²) in [5, 5.41) is 19.6. The lowest BCUT2D eigenvalue weighted by Crippen LogP contribution is -2.32. The lowest BCUT2D eigenvalue weighted by molar-refractivity contribution is -0.146. The minimum Gasteiger partial charge on any atom is -0.466 e. The summed E-state index contributed by atoms with van der Waals surface area (Å²) in [7, 11) is 1.95. The topological polar surface area (TPSA) is 210 Å². The van der Waals surface area contributed by atoms with Crippen LogP contribution in [0.25, 0.3) is 0 Å². The molecule has 0 aromatic carbocycles. The fourth-order valence-electron chi connectivity index (χ4n) is 11.3. The van der Waals surface area contributed by atoms with Crippen molar-refractivity contribution in [3.8, 4) is 0 Å². The van der Waals surface area contributed by atoms with Gasteiger partial charge in [-0.3, -0.25) is 19.2 Å². The summed E-state index contributed by atoms with van der Waals surface area (Å²) >= 11 is 0. The molecule has 1 heterocycles. The quantitative estimate of drug-likeness (QED) is 0.0271. The summed E-state index contributed by atoms with van der Waals surface area (Å²) in [5.41, 5.74) is 0. The van der Waals surface area contributed by atoms with Gasteiger partial charge < -0.3 is 54.7 Å². The Morgan fingerprint density at radius 2 is 0.533 bits per heavy atom. The van der Waals surface area contributed by atoms with Gasteiger partial charge in [-0.1, -0.05) is 259 Å². The molecule has 538 valence electrons. The van der Waals surface area contributed by atoms with Crippen molar-refractivity contribution >= 4 is 41.7 Å². The highest BCUT2D eigenvalue weighted by molar-refractivity contribution is 5.71. The second-order valence-corrected chi connectivity index (χ2v) is 26.1. The highest BCUT2D eigenvalue weighted by atomic mass is 16.5. The van der Waals surface area contributed by atoms with Crippen molar-refractivity contribution in [1.82, 2.24) is 29.7 Å². The molecule has 0 spiro atoms. The molecule has 1 rings (SSSR count). The summed E-state index contributed by atoms with van der Waals surface area (Å²) in [4.78, 5) is 72.4. The third-order valence-corrected chi connectivity index (χ3v) is 17.3. The SMILES string of the molecule is CCCCCCCCCCCCOC(=O)CCN(CCCNc1nc(NCCCN(CCC(=O)OCCCCCCCCCCCC)CCC(=O)OCCCCCCCCCCCC)nc(NCCN(C)CCO)n1)CCC(=O)OCCCCCCCCCCCC. The Hall–Kier alpha value is -3.87. The molecule has 0 radical (unpaired) electrons. The van der Waals surface area contributed by atoms with Crippen molar-refractivity contribution in [3.05, 3.63) is 0 Å². The van der Waals surface area contributed by atoms with Crippen molar-refractivity contribution in [2.75, 3.05) is 128 Å². The molecule has 4 N–H and O–H groups in total. The van der Waals surface area contributed by atoms with Gasteiger partial charge in [0.25, 0.3) is 0 Å². The number of ether oxygens (including phenoxy) is 4. The van der Waals surface area contributed by atoms with Crippen LogP contribution in [0.5, 0.6) is 0 Å². The average molecular weight is 1300 g/mol. The van der Waals surface area contributed by atoms with Crippen LogP contribution in [-0.2, 0) is 38.1 Å². The van der Waals surface area contributed by atoms with Crippen molar-refractivity contribution in [2.24, 2.45) is 0 Å². The molecular formula is C74H143N9O9. The summed E-state index contributed by atoms with van der Waals surface area (Å²) in [5.74, 6) is 0.373. The van der Waals surface area contributed by atoms with Crippen LogP contribution in [0.4, 0.5) is 17.8 Å². The maximum Gasteiger partial charge on any atom is 0.307 e. The number of aliphatic hydroxyl groups excluding tert-OH is 1. The van der Waals surface area contributed by atoms with E-state index >= 15 is 0 Å². The number of esters is 4. The van der Waals surface area contributed by atoms with Crippen molar-refractivity contribution in [3.63, 3.8) is 0 Å². The molecule has 0 fully saturated rings. The fraction of sp³-hybridized carbons (Fsp3) is 0.905. The standard InChI is InChI=1S/C74H143N9O9/c1-6-10-14-18-22-26-30-34-38-42-64-89-68(85)48-57-82(58-49-69(86)90-65-43-39-35-31-27-23-19-15-11-7-2)55-46-52-75-72-78-73(80-74(79-72)77-54-61-81(5)62-63-84)76-53-47-56-83(59-50-70(87)91-66-44-40-36-32-28-24-20-16-12-8-3)60-51-71(88)92-67-45-41-37-33-29-25-21-17-13-9-4/h84H,6-67H2,1-5H3,(H3,75,76,77,78,79,80). The monoisotopic (exact) mass is 1300 g/mol. The minimum atomic E-state index is -0.211. The molecule has 0 amide bonds. The first-order valence-corrected chi connectivity index (χ1v) is 38.5. The Morgan fingerprint density at radius 1 is 0.304 bits per heavy atom. The largest absolute Gasteiger partial charge is 0.466 e. The molecule has 1 aromatic rings. The van der Waals surface area contributed by atoms with E-state index in [1.54, 1.807) is 0 Å². The lowest BCUT2D eigenvalue weighted by Gasteiger charge is -2.22. The van der Waals surface area contributed by atoms with E-state index in [0.717, 1.165) is 51.4 Å². The number of aromatic nitrogens is 3. The predicted molar refractivity (Wildman–Crippen MR) is 382 cm³/mol. The Bertz CT molecular complexity index is 1620. The molecule has 0 saturated carbocycles. The number of rotatable bonds is 72. The second kappa shape index (κ2) is 67.1. The molecule has 0 atom stereocenters. The van der Waals surface area contributed by atoms with E-state index in [-0.39, 0.29) is 56.2 Å². The molecule has 0 aliphatic carbocycles. The molecule has 0 bridgehead atoms. The number of unbranched alkanes of at least 4 members (excludes halogenated alkanes) is 36. The zero-order valence-corrected chi connectivity index (χ0v) is 60.2. The third-order valence-electron chi connectivity index (χ3n) is 17.3. The number of hydrogen-bond donors (Lipinski definition) is 4. The van der Waals surface area contributed by atoms with Gasteiger partial charge in [0.1, 0.15) is 0 Å². The van der Waals surface area contributed by atoms with Crippen molar-refractivity contribution in [2.45, 2.75) is 323 Å². The van der Waals surface area contributed by atoms with E-state index in [4.69, 9.17) is 33.9 Å². The van der Waals surface area contributed by atoms with E-state index in [0.29, 0.717) is 129 Å². The first-order valence-electron chi connectivity index (χ1n) is 38.5. The average Bonchev–Trinajstić information content (AvgIpc) is 1.45. The van der Waals surface area contributed by atoms with E-state index in [2.05, 4.69) is 53.4 Å². The highest BCUT2D eigenvalue weighted by Gasteiger charge is 2.16. The minimum absolute atomic E-state index is 0.0688. The van der Waals surface area contributed by atoms with Crippen LogP contribution in [0, 0.1) is 0 Å². The van der Waals surface area contributed by atoms with E-state index < -0.39 is 0 Å². The number of likely N-dealkylation sites (N-methyl/N-ethyl adjacent to an activating group) is 1. The number of hydrogen-bond acceptors (Lipinski definition) is 18. The first-order chi connectivity index (χ1) is 45.1. The van der Waals surface area contributed by atoms with E-state index in [9.17, 15) is 24.3 Å². The van der Waals surface area contributed by atoms with Crippen molar-refractivity contribution < 1.29 is 43.2 Å². The maximum atomic E-state index is 13.0. The number of nitrogens with zero attached hydrogens (tertiary/aromatic N) is 6. The molecule has 0 unspecified atom stereocenters. The normalized spacial score (nSPS) is 11.5. The number of nitrogens with one attached hydrogen (secondary N) is 3. The molecule has 18 nitrogen and oxygen atoms in total. The molecule has 0 aliphatic heterocycles. The van der Waals surface area contributed by atoms with Crippen LogP contribution in [0.15, 0.2) is 0 Å². The Kier molecular flexibility index (Phi) is 62.8. The number of carbonyl (C=O) groups excluding carboxylic acids is 4. The summed E-state index contributed by atoms with van der Waals surface area (Å²) in [6.45, 7) is 16.8. The smallest absolute Gasteiger partial charge is 0.307 e. The van der Waals surface area contributed by atoms with Gasteiger partial charge in [-0.2, -0.15) is 15.0 Å². The fourth-order valence-corrected chi connectivity index (χ4v) is 11.3. The molecule has 92 heavy (non-hydrogen) atoms. The van der Waals surface area contributed by atoms with Crippen LogP contribution in [0.3, 0.4) is 0 Å². The molecule has 1 aromatic heterocycles. The van der Waals surface area contributed by atoms with Gasteiger partial charge in [-0.15, -0.1) is 0 Å². The summed E-state index contributed by atoms with van der Waals surface area (Å²) in [6.07, 6.45) is 51.3. The van der Waals surface area contributed by atoms with Gasteiger partial charge in [0.05, 0.1) is 58.7 Å².